The number of unbranched alkanes of at least 4 members (excludes halogenated alkanes) is 1. The maximum absolute atomic E-state index is 6.03. The summed E-state index contributed by atoms with van der Waals surface area (Å²) >= 11 is 6.03. The highest BCUT2D eigenvalue weighted by Crippen LogP contribution is 2.29. The van der Waals surface area contributed by atoms with Crippen LogP contribution in [0.4, 0.5) is 0 Å². The van der Waals surface area contributed by atoms with E-state index in [1.807, 2.05) is 12.1 Å². The van der Waals surface area contributed by atoms with E-state index in [-0.39, 0.29) is 0 Å². The molecular formula is C22H32ClN. The zero-order valence-electron chi connectivity index (χ0n) is 16.0. The van der Waals surface area contributed by atoms with Crippen molar-refractivity contribution in [3.63, 3.8) is 0 Å². The largest absolute Gasteiger partial charge is 0.257 e. The van der Waals surface area contributed by atoms with Crippen LogP contribution >= 0.6 is 11.6 Å². The summed E-state index contributed by atoms with van der Waals surface area (Å²) < 4.78 is 0. The average molecular weight is 346 g/mol. The van der Waals surface area contributed by atoms with Crippen LogP contribution in [-0.2, 0) is 0 Å². The number of benzene rings is 1. The van der Waals surface area contributed by atoms with Crippen LogP contribution in [0.1, 0.15) is 72.3 Å². The minimum Gasteiger partial charge on any atom is -0.257 e. The Kier molecular flexibility index (Phi) is 9.07. The molecule has 1 atom stereocenters. The predicted octanol–water partition coefficient (Wildman–Crippen LogP) is 7.61. The molecule has 0 bridgehead atoms. The van der Waals surface area contributed by atoms with Crippen LogP contribution in [0.15, 0.2) is 52.7 Å². The van der Waals surface area contributed by atoms with Gasteiger partial charge in [0.2, 0.25) is 0 Å². The van der Waals surface area contributed by atoms with E-state index in [1.165, 1.54) is 30.5 Å². The number of allylic oxidation sites excluding steroid dienone is 3. The normalized spacial score (nSPS) is 14.3. The Bertz CT molecular complexity index is 593. The molecule has 0 heterocycles. The fourth-order valence-corrected chi connectivity index (χ4v) is 2.95. The van der Waals surface area contributed by atoms with Gasteiger partial charge in [0.1, 0.15) is 0 Å². The standard InChI is InChI=1S/C22H32ClN/c1-7-10-11-18(8-2)22(17(6)16(4)5)24-21(9-3)19-12-14-20(23)15-13-19/h12-15,18H,4,7-11H2,1-3,5-6H3/b22-17-,24-21+. The number of nitrogens with zero attached hydrogens (tertiary/aromatic N) is 1. The molecule has 0 aliphatic carbocycles. The molecule has 0 saturated heterocycles. The molecule has 1 aromatic carbocycles. The van der Waals surface area contributed by atoms with Gasteiger partial charge >= 0.3 is 0 Å². The maximum atomic E-state index is 6.03. The van der Waals surface area contributed by atoms with E-state index in [0.29, 0.717) is 5.92 Å². The van der Waals surface area contributed by atoms with Crippen LogP contribution < -0.4 is 0 Å². The highest BCUT2D eigenvalue weighted by Gasteiger charge is 2.16. The Hall–Kier alpha value is -1.34. The molecule has 0 spiro atoms. The third-order valence-electron chi connectivity index (χ3n) is 4.58. The lowest BCUT2D eigenvalue weighted by molar-refractivity contribution is 0.507. The van der Waals surface area contributed by atoms with Gasteiger partial charge in [-0.3, -0.25) is 4.99 Å². The zero-order valence-corrected chi connectivity index (χ0v) is 16.7. The van der Waals surface area contributed by atoms with E-state index in [9.17, 15) is 0 Å². The van der Waals surface area contributed by atoms with Crippen LogP contribution in [-0.4, -0.2) is 5.71 Å². The lowest BCUT2D eigenvalue weighted by Gasteiger charge is -2.20. The molecule has 1 aromatic rings. The summed E-state index contributed by atoms with van der Waals surface area (Å²) in [5.74, 6) is 0.496. The second-order valence-corrected chi connectivity index (χ2v) is 6.89. The minimum atomic E-state index is 0.496. The molecule has 0 amide bonds. The fraction of sp³-hybridized carbons (Fsp3) is 0.500. The summed E-state index contributed by atoms with van der Waals surface area (Å²) in [5, 5.41) is 0.762. The van der Waals surface area contributed by atoms with Gasteiger partial charge in [0, 0.05) is 22.3 Å². The number of hydrogen-bond donors (Lipinski definition) is 0. The highest BCUT2D eigenvalue weighted by atomic mass is 35.5. The van der Waals surface area contributed by atoms with Gasteiger partial charge in [0.15, 0.2) is 0 Å². The van der Waals surface area contributed by atoms with E-state index in [4.69, 9.17) is 16.6 Å². The Labute approximate surface area is 153 Å². The number of rotatable bonds is 9. The van der Waals surface area contributed by atoms with Crippen molar-refractivity contribution in [2.24, 2.45) is 10.9 Å². The van der Waals surface area contributed by atoms with Crippen molar-refractivity contribution < 1.29 is 0 Å². The van der Waals surface area contributed by atoms with E-state index in [1.54, 1.807) is 0 Å². The molecule has 0 N–H and O–H groups in total. The summed E-state index contributed by atoms with van der Waals surface area (Å²) in [6, 6.07) is 7.99. The molecule has 132 valence electrons. The molecule has 0 radical (unpaired) electrons. The van der Waals surface area contributed by atoms with E-state index in [2.05, 4.69) is 53.3 Å². The van der Waals surface area contributed by atoms with E-state index in [0.717, 1.165) is 34.7 Å². The summed E-state index contributed by atoms with van der Waals surface area (Å²) in [7, 11) is 0. The molecule has 0 aromatic heterocycles. The first-order valence-electron chi connectivity index (χ1n) is 9.14. The van der Waals surface area contributed by atoms with Crippen molar-refractivity contribution in [2.45, 2.75) is 66.7 Å². The van der Waals surface area contributed by atoms with Gasteiger partial charge < -0.3 is 0 Å². The molecule has 1 nitrogen and oxygen atoms in total. The predicted molar refractivity (Wildman–Crippen MR) is 109 cm³/mol. The fourth-order valence-electron chi connectivity index (χ4n) is 2.82. The minimum absolute atomic E-state index is 0.496. The van der Waals surface area contributed by atoms with Crippen molar-refractivity contribution in [3.05, 3.63) is 58.3 Å². The quantitative estimate of drug-likeness (QED) is 0.322. The van der Waals surface area contributed by atoms with Gasteiger partial charge in [-0.2, -0.15) is 0 Å². The first-order valence-corrected chi connectivity index (χ1v) is 9.52. The summed E-state index contributed by atoms with van der Waals surface area (Å²) in [6.07, 6.45) is 5.66. The summed E-state index contributed by atoms with van der Waals surface area (Å²) in [4.78, 5) is 5.13. The molecule has 0 saturated carbocycles. The van der Waals surface area contributed by atoms with Crippen molar-refractivity contribution >= 4 is 17.3 Å². The van der Waals surface area contributed by atoms with Gasteiger partial charge in [-0.05, 0) is 56.4 Å². The van der Waals surface area contributed by atoms with Crippen LogP contribution in [0.2, 0.25) is 5.02 Å². The SMILES string of the molecule is C=C(C)/C(C)=C(\N=C(/CC)c1ccc(Cl)cc1)C(CC)CCCC. The number of halogens is 1. The lowest BCUT2D eigenvalue weighted by Crippen LogP contribution is -2.09. The second kappa shape index (κ2) is 10.5. The van der Waals surface area contributed by atoms with Crippen LogP contribution in [0.3, 0.4) is 0 Å². The van der Waals surface area contributed by atoms with Gasteiger partial charge in [-0.15, -0.1) is 0 Å². The smallest absolute Gasteiger partial charge is 0.0476 e. The average Bonchev–Trinajstić information content (AvgIpc) is 2.58. The van der Waals surface area contributed by atoms with Gasteiger partial charge in [-0.25, -0.2) is 0 Å². The van der Waals surface area contributed by atoms with E-state index < -0.39 is 0 Å². The van der Waals surface area contributed by atoms with E-state index >= 15 is 0 Å². The van der Waals surface area contributed by atoms with Gasteiger partial charge in [0.25, 0.3) is 0 Å². The second-order valence-electron chi connectivity index (χ2n) is 6.46. The molecule has 2 heteroatoms. The molecule has 0 aliphatic rings. The highest BCUT2D eigenvalue weighted by molar-refractivity contribution is 6.30. The summed E-state index contributed by atoms with van der Waals surface area (Å²) in [6.45, 7) is 15.0. The van der Waals surface area contributed by atoms with Gasteiger partial charge in [0.05, 0.1) is 0 Å². The molecule has 1 rings (SSSR count). The maximum Gasteiger partial charge on any atom is 0.0476 e. The molecular weight excluding hydrogens is 314 g/mol. The first kappa shape index (κ1) is 20.7. The monoisotopic (exact) mass is 345 g/mol. The topological polar surface area (TPSA) is 12.4 Å². The third kappa shape index (κ3) is 5.94. The summed E-state index contributed by atoms with van der Waals surface area (Å²) in [5.41, 5.74) is 5.83. The Morgan fingerprint density at radius 2 is 1.75 bits per heavy atom. The Morgan fingerprint density at radius 1 is 1.12 bits per heavy atom. The van der Waals surface area contributed by atoms with Crippen LogP contribution in [0.5, 0.6) is 0 Å². The van der Waals surface area contributed by atoms with Crippen molar-refractivity contribution in [1.29, 1.82) is 0 Å². The molecule has 24 heavy (non-hydrogen) atoms. The Morgan fingerprint density at radius 3 is 2.21 bits per heavy atom. The number of hydrogen-bond acceptors (Lipinski definition) is 1. The van der Waals surface area contributed by atoms with Crippen LogP contribution in [0.25, 0.3) is 0 Å². The Balaban J connectivity index is 3.33. The van der Waals surface area contributed by atoms with Crippen molar-refractivity contribution in [1.82, 2.24) is 0 Å². The molecule has 0 fully saturated rings. The van der Waals surface area contributed by atoms with Crippen LogP contribution in [0, 0.1) is 5.92 Å². The third-order valence-corrected chi connectivity index (χ3v) is 4.83. The molecule has 1 unspecified atom stereocenters. The van der Waals surface area contributed by atoms with Crippen molar-refractivity contribution in [3.8, 4) is 0 Å². The number of aliphatic imine (C=N–C) groups is 1. The molecule has 0 aliphatic heterocycles. The first-order chi connectivity index (χ1) is 11.4. The lowest BCUT2D eigenvalue weighted by atomic mass is 9.91. The van der Waals surface area contributed by atoms with Gasteiger partial charge in [-0.1, -0.05) is 69.5 Å². The zero-order chi connectivity index (χ0) is 18.1. The van der Waals surface area contributed by atoms with Crippen molar-refractivity contribution in [2.75, 3.05) is 0 Å².